The van der Waals surface area contributed by atoms with Crippen LogP contribution in [0.3, 0.4) is 0 Å². The molecule has 0 unspecified atom stereocenters. The number of hydrogen-bond donors (Lipinski definition) is 0. The highest BCUT2D eigenvalue weighted by Gasteiger charge is 2.29. The highest BCUT2D eigenvalue weighted by Crippen LogP contribution is 2.20. The van der Waals surface area contributed by atoms with E-state index in [2.05, 4.69) is 5.10 Å². The van der Waals surface area contributed by atoms with Crippen molar-refractivity contribution in [1.29, 1.82) is 5.26 Å². The molecule has 0 spiro atoms. The number of hydrogen-bond acceptors (Lipinski definition) is 3. The molecular formula is C10H13N3O. The second-order valence-electron chi connectivity index (χ2n) is 3.65. The van der Waals surface area contributed by atoms with E-state index in [0.29, 0.717) is 5.56 Å². The average Bonchev–Trinajstić information content (AvgIpc) is 2.64. The van der Waals surface area contributed by atoms with Gasteiger partial charge < -0.3 is 0 Å². The van der Waals surface area contributed by atoms with Crippen LogP contribution in [0.15, 0.2) is 12.4 Å². The Balaban J connectivity index is 2.97. The molecule has 1 rings (SSSR count). The maximum absolute atomic E-state index is 11.8. The second kappa shape index (κ2) is 3.62. The van der Waals surface area contributed by atoms with Gasteiger partial charge in [0.25, 0.3) is 0 Å². The monoisotopic (exact) mass is 191 g/mol. The van der Waals surface area contributed by atoms with Crippen molar-refractivity contribution in [1.82, 2.24) is 9.78 Å². The third-order valence-corrected chi connectivity index (χ3v) is 2.07. The van der Waals surface area contributed by atoms with Crippen molar-refractivity contribution in [3.63, 3.8) is 0 Å². The molecule has 14 heavy (non-hydrogen) atoms. The fraction of sp³-hybridized carbons (Fsp3) is 0.500. The van der Waals surface area contributed by atoms with E-state index < -0.39 is 5.41 Å². The Morgan fingerprint density at radius 1 is 1.71 bits per heavy atom. The van der Waals surface area contributed by atoms with Crippen LogP contribution in [0.5, 0.6) is 0 Å². The summed E-state index contributed by atoms with van der Waals surface area (Å²) < 4.78 is 1.67. The molecule has 0 bridgehead atoms. The molecule has 4 nitrogen and oxygen atoms in total. The molecule has 0 amide bonds. The third kappa shape index (κ3) is 1.82. The van der Waals surface area contributed by atoms with Crippen LogP contribution in [0, 0.1) is 16.7 Å². The molecule has 1 aromatic heterocycles. The van der Waals surface area contributed by atoms with Gasteiger partial charge in [0.15, 0.2) is 5.78 Å². The molecular weight excluding hydrogens is 178 g/mol. The number of carbonyl (C=O) groups excluding carboxylic acids is 1. The first-order valence-corrected chi connectivity index (χ1v) is 4.49. The molecule has 74 valence electrons. The number of aromatic nitrogens is 2. The van der Waals surface area contributed by atoms with Gasteiger partial charge in [0.2, 0.25) is 0 Å². The first kappa shape index (κ1) is 10.5. The summed E-state index contributed by atoms with van der Waals surface area (Å²) in [4.78, 5) is 11.8. The zero-order chi connectivity index (χ0) is 10.8. The lowest BCUT2D eigenvalue weighted by molar-refractivity contribution is 0.0892. The minimum Gasteiger partial charge on any atom is -0.292 e. The normalized spacial score (nSPS) is 11.0. The Kier molecular flexibility index (Phi) is 2.70. The molecule has 0 saturated carbocycles. The van der Waals surface area contributed by atoms with Gasteiger partial charge >= 0.3 is 0 Å². The standard InChI is InChI=1S/C10H13N3O/c1-4-13-6-8(5-12-13)9(14)10(2,3)7-11/h5-6H,4H2,1-3H3. The number of ketones is 1. The molecule has 0 aliphatic heterocycles. The van der Waals surface area contributed by atoms with Crippen LogP contribution in [0.4, 0.5) is 0 Å². The first-order chi connectivity index (χ1) is 6.51. The van der Waals surface area contributed by atoms with Crippen LogP contribution in [0.2, 0.25) is 0 Å². The van der Waals surface area contributed by atoms with Crippen LogP contribution in [-0.2, 0) is 6.54 Å². The summed E-state index contributed by atoms with van der Waals surface area (Å²) >= 11 is 0. The lowest BCUT2D eigenvalue weighted by Gasteiger charge is -2.11. The van der Waals surface area contributed by atoms with E-state index in [1.54, 1.807) is 24.7 Å². The molecule has 0 atom stereocenters. The molecule has 0 aromatic carbocycles. The number of Topliss-reactive ketones (excluding diaryl/α,β-unsaturated/α-hetero) is 1. The smallest absolute Gasteiger partial charge is 0.185 e. The van der Waals surface area contributed by atoms with Crippen LogP contribution in [0.25, 0.3) is 0 Å². The second-order valence-corrected chi connectivity index (χ2v) is 3.65. The highest BCUT2D eigenvalue weighted by molar-refractivity contribution is 6.01. The minimum atomic E-state index is -0.971. The fourth-order valence-electron chi connectivity index (χ4n) is 1.07. The first-order valence-electron chi connectivity index (χ1n) is 4.49. The maximum Gasteiger partial charge on any atom is 0.185 e. The largest absolute Gasteiger partial charge is 0.292 e. The van der Waals surface area contributed by atoms with E-state index in [-0.39, 0.29) is 5.78 Å². The summed E-state index contributed by atoms with van der Waals surface area (Å²) in [6, 6.07) is 1.98. The van der Waals surface area contributed by atoms with Gasteiger partial charge in [-0.3, -0.25) is 9.48 Å². The topological polar surface area (TPSA) is 58.7 Å². The molecule has 1 heterocycles. The van der Waals surface area contributed by atoms with Crippen molar-refractivity contribution < 1.29 is 4.79 Å². The van der Waals surface area contributed by atoms with Gasteiger partial charge in [0.1, 0.15) is 5.41 Å². The molecule has 1 aromatic rings. The minimum absolute atomic E-state index is 0.181. The SMILES string of the molecule is CCn1cc(C(=O)C(C)(C)C#N)cn1. The van der Waals surface area contributed by atoms with Crippen LogP contribution in [0.1, 0.15) is 31.1 Å². The molecule has 4 heteroatoms. The predicted molar refractivity (Wildman–Crippen MR) is 51.6 cm³/mol. The van der Waals surface area contributed by atoms with Crippen molar-refractivity contribution in [2.45, 2.75) is 27.3 Å². The van der Waals surface area contributed by atoms with Gasteiger partial charge in [-0.25, -0.2) is 0 Å². The van der Waals surface area contributed by atoms with Crippen LogP contribution < -0.4 is 0 Å². The van der Waals surface area contributed by atoms with E-state index >= 15 is 0 Å². The number of nitriles is 1. The van der Waals surface area contributed by atoms with Gasteiger partial charge in [0, 0.05) is 12.7 Å². The molecule has 0 radical (unpaired) electrons. The zero-order valence-corrected chi connectivity index (χ0v) is 8.61. The number of rotatable bonds is 3. The fourth-order valence-corrected chi connectivity index (χ4v) is 1.07. The quantitative estimate of drug-likeness (QED) is 0.682. The lowest BCUT2D eigenvalue weighted by Crippen LogP contribution is -2.21. The third-order valence-electron chi connectivity index (χ3n) is 2.07. The Labute approximate surface area is 83.1 Å². The van der Waals surface area contributed by atoms with E-state index in [4.69, 9.17) is 5.26 Å². The summed E-state index contributed by atoms with van der Waals surface area (Å²) in [5.74, 6) is -0.181. The molecule has 0 aliphatic rings. The summed E-state index contributed by atoms with van der Waals surface area (Å²) in [7, 11) is 0. The Morgan fingerprint density at radius 3 is 2.79 bits per heavy atom. The van der Waals surface area contributed by atoms with E-state index in [1.807, 2.05) is 13.0 Å². The van der Waals surface area contributed by atoms with Crippen molar-refractivity contribution >= 4 is 5.78 Å². The molecule has 0 fully saturated rings. The van der Waals surface area contributed by atoms with Crippen molar-refractivity contribution in [2.75, 3.05) is 0 Å². The van der Waals surface area contributed by atoms with Crippen LogP contribution in [-0.4, -0.2) is 15.6 Å². The van der Waals surface area contributed by atoms with Crippen molar-refractivity contribution in [2.24, 2.45) is 5.41 Å². The molecule has 0 saturated heterocycles. The average molecular weight is 191 g/mol. The molecule has 0 N–H and O–H groups in total. The summed E-state index contributed by atoms with van der Waals surface area (Å²) in [6.45, 7) is 5.88. The summed E-state index contributed by atoms with van der Waals surface area (Å²) in [5, 5.41) is 12.8. The van der Waals surface area contributed by atoms with Gasteiger partial charge in [-0.2, -0.15) is 10.4 Å². The number of nitrogens with zero attached hydrogens (tertiary/aromatic N) is 3. The maximum atomic E-state index is 11.8. The van der Waals surface area contributed by atoms with Crippen molar-refractivity contribution in [3.05, 3.63) is 18.0 Å². The van der Waals surface area contributed by atoms with E-state index in [0.717, 1.165) is 6.54 Å². The van der Waals surface area contributed by atoms with Gasteiger partial charge in [0.05, 0.1) is 17.8 Å². The van der Waals surface area contributed by atoms with Gasteiger partial charge in [-0.15, -0.1) is 0 Å². The van der Waals surface area contributed by atoms with E-state index in [9.17, 15) is 4.79 Å². The predicted octanol–water partition coefficient (Wildman–Crippen LogP) is 1.64. The Hall–Kier alpha value is -1.63. The highest BCUT2D eigenvalue weighted by atomic mass is 16.1. The number of carbonyl (C=O) groups is 1. The summed E-state index contributed by atoms with van der Waals surface area (Å²) in [6.07, 6.45) is 3.17. The Bertz CT molecular complexity index is 384. The van der Waals surface area contributed by atoms with Gasteiger partial charge in [-0.05, 0) is 20.8 Å². The lowest BCUT2D eigenvalue weighted by atomic mass is 9.87. The van der Waals surface area contributed by atoms with Crippen molar-refractivity contribution in [3.8, 4) is 6.07 Å². The summed E-state index contributed by atoms with van der Waals surface area (Å²) in [5.41, 5.74) is -0.472. The zero-order valence-electron chi connectivity index (χ0n) is 8.61. The van der Waals surface area contributed by atoms with Gasteiger partial charge in [-0.1, -0.05) is 0 Å². The Morgan fingerprint density at radius 2 is 2.36 bits per heavy atom. The number of aryl methyl sites for hydroxylation is 1. The van der Waals surface area contributed by atoms with E-state index in [1.165, 1.54) is 6.20 Å². The molecule has 0 aliphatic carbocycles. The van der Waals surface area contributed by atoms with Crippen LogP contribution >= 0.6 is 0 Å².